The van der Waals surface area contributed by atoms with Crippen molar-refractivity contribution < 1.29 is 4.74 Å². The molecule has 0 aliphatic heterocycles. The van der Waals surface area contributed by atoms with Crippen LogP contribution in [-0.2, 0) is 0 Å². The molecule has 0 aromatic heterocycles. The van der Waals surface area contributed by atoms with E-state index in [1.165, 1.54) is 24.0 Å². The zero-order valence-electron chi connectivity index (χ0n) is 10.7. The fraction of sp³-hybridized carbons (Fsp3) is 0.467. The zero-order chi connectivity index (χ0) is 12.1. The van der Waals surface area contributed by atoms with Gasteiger partial charge in [0, 0.05) is 6.04 Å². The Bertz CT molecular complexity index is 394. The molecule has 0 heterocycles. The molecule has 1 aliphatic carbocycles. The molecule has 1 saturated carbocycles. The second-order valence-electron chi connectivity index (χ2n) is 4.64. The van der Waals surface area contributed by atoms with Crippen molar-refractivity contribution in [1.29, 1.82) is 0 Å². The highest BCUT2D eigenvalue weighted by Gasteiger charge is 2.19. The molecule has 1 aromatic rings. The van der Waals surface area contributed by atoms with Crippen molar-refractivity contribution in [2.45, 2.75) is 32.2 Å². The topological polar surface area (TPSA) is 21.3 Å². The number of benzene rings is 1. The predicted molar refractivity (Wildman–Crippen MR) is 72.4 cm³/mol. The Labute approximate surface area is 104 Å². The van der Waals surface area contributed by atoms with Crippen LogP contribution in [0.25, 0.3) is 6.08 Å². The van der Waals surface area contributed by atoms with Crippen molar-refractivity contribution in [2.75, 3.05) is 13.7 Å². The third kappa shape index (κ3) is 3.90. The van der Waals surface area contributed by atoms with Crippen LogP contribution in [0.1, 0.15) is 30.4 Å². The summed E-state index contributed by atoms with van der Waals surface area (Å²) < 4.78 is 5.19. The molecular formula is C15H21NO. The molecule has 0 bridgehead atoms. The van der Waals surface area contributed by atoms with E-state index in [-0.39, 0.29) is 0 Å². The second-order valence-corrected chi connectivity index (χ2v) is 4.64. The van der Waals surface area contributed by atoms with Gasteiger partial charge in [0.1, 0.15) is 5.75 Å². The van der Waals surface area contributed by atoms with Crippen LogP contribution < -0.4 is 10.1 Å². The van der Waals surface area contributed by atoms with E-state index in [0.717, 1.165) is 24.8 Å². The summed E-state index contributed by atoms with van der Waals surface area (Å²) in [4.78, 5) is 0. The van der Waals surface area contributed by atoms with Crippen molar-refractivity contribution in [3.63, 3.8) is 0 Å². The van der Waals surface area contributed by atoms with Gasteiger partial charge in [-0.3, -0.25) is 0 Å². The van der Waals surface area contributed by atoms with Gasteiger partial charge in [-0.05, 0) is 56.0 Å². The first kappa shape index (κ1) is 12.2. The van der Waals surface area contributed by atoms with Gasteiger partial charge in [0.25, 0.3) is 0 Å². The average molecular weight is 231 g/mol. The lowest BCUT2D eigenvalue weighted by atomic mass is 10.1. The number of aryl methyl sites for hydroxylation is 1. The minimum atomic E-state index is 0.811. The van der Waals surface area contributed by atoms with Crippen LogP contribution >= 0.6 is 0 Å². The van der Waals surface area contributed by atoms with Gasteiger partial charge >= 0.3 is 0 Å². The van der Waals surface area contributed by atoms with Crippen LogP contribution in [0.4, 0.5) is 0 Å². The van der Waals surface area contributed by atoms with Crippen molar-refractivity contribution in [3.05, 3.63) is 35.4 Å². The number of hydrogen-bond donors (Lipinski definition) is 1. The normalized spacial score (nSPS) is 15.4. The first-order valence-corrected chi connectivity index (χ1v) is 6.34. The van der Waals surface area contributed by atoms with E-state index in [2.05, 4.69) is 36.5 Å². The highest BCUT2D eigenvalue weighted by molar-refractivity contribution is 5.55. The van der Waals surface area contributed by atoms with Gasteiger partial charge in [-0.15, -0.1) is 0 Å². The lowest BCUT2D eigenvalue weighted by Gasteiger charge is -2.04. The maximum absolute atomic E-state index is 5.19. The highest BCUT2D eigenvalue weighted by atomic mass is 16.5. The summed E-state index contributed by atoms with van der Waals surface area (Å²) in [5, 5.41) is 3.50. The van der Waals surface area contributed by atoms with E-state index in [1.807, 2.05) is 6.07 Å². The Kier molecular flexibility index (Phi) is 4.21. The zero-order valence-corrected chi connectivity index (χ0v) is 10.7. The van der Waals surface area contributed by atoms with Gasteiger partial charge in [-0.2, -0.15) is 0 Å². The van der Waals surface area contributed by atoms with Crippen molar-refractivity contribution in [3.8, 4) is 5.75 Å². The smallest absolute Gasteiger partial charge is 0.119 e. The third-order valence-electron chi connectivity index (χ3n) is 3.10. The molecule has 0 atom stereocenters. The van der Waals surface area contributed by atoms with E-state index in [0.29, 0.717) is 0 Å². The van der Waals surface area contributed by atoms with Crippen LogP contribution in [-0.4, -0.2) is 19.7 Å². The molecule has 0 unspecified atom stereocenters. The molecule has 0 radical (unpaired) electrons. The van der Waals surface area contributed by atoms with E-state index >= 15 is 0 Å². The van der Waals surface area contributed by atoms with E-state index in [1.54, 1.807) is 7.11 Å². The summed E-state index contributed by atoms with van der Waals surface area (Å²) in [6.07, 6.45) is 8.26. The summed E-state index contributed by atoms with van der Waals surface area (Å²) in [6, 6.07) is 7.00. The van der Waals surface area contributed by atoms with Gasteiger partial charge in [0.2, 0.25) is 0 Å². The lowest BCUT2D eigenvalue weighted by molar-refractivity contribution is 0.414. The maximum Gasteiger partial charge on any atom is 0.119 e. The number of hydrogen-bond acceptors (Lipinski definition) is 2. The van der Waals surface area contributed by atoms with Gasteiger partial charge < -0.3 is 10.1 Å². The number of methoxy groups -OCH3 is 1. The molecule has 92 valence electrons. The van der Waals surface area contributed by atoms with Crippen molar-refractivity contribution in [1.82, 2.24) is 5.32 Å². The predicted octanol–water partition coefficient (Wildman–Crippen LogP) is 3.16. The Morgan fingerprint density at radius 2 is 2.24 bits per heavy atom. The van der Waals surface area contributed by atoms with Crippen LogP contribution in [0.15, 0.2) is 24.3 Å². The molecule has 0 spiro atoms. The Hall–Kier alpha value is -1.28. The minimum Gasteiger partial charge on any atom is -0.497 e. The first-order valence-electron chi connectivity index (χ1n) is 6.34. The number of nitrogens with one attached hydrogen (secondary N) is 1. The van der Waals surface area contributed by atoms with E-state index in [9.17, 15) is 0 Å². The van der Waals surface area contributed by atoms with Crippen molar-refractivity contribution in [2.24, 2.45) is 0 Å². The van der Waals surface area contributed by atoms with E-state index < -0.39 is 0 Å². The average Bonchev–Trinajstić information content (AvgIpc) is 3.14. The molecule has 2 heteroatoms. The molecule has 1 aromatic carbocycles. The van der Waals surface area contributed by atoms with Gasteiger partial charge in [-0.25, -0.2) is 0 Å². The molecular weight excluding hydrogens is 210 g/mol. The van der Waals surface area contributed by atoms with Gasteiger partial charge in [0.15, 0.2) is 0 Å². The van der Waals surface area contributed by atoms with E-state index in [4.69, 9.17) is 4.74 Å². The summed E-state index contributed by atoms with van der Waals surface area (Å²) in [5.41, 5.74) is 2.54. The van der Waals surface area contributed by atoms with Gasteiger partial charge in [0.05, 0.1) is 7.11 Å². The molecule has 2 rings (SSSR count). The number of ether oxygens (including phenoxy) is 1. The highest BCUT2D eigenvalue weighted by Crippen LogP contribution is 2.19. The quantitative estimate of drug-likeness (QED) is 0.759. The Morgan fingerprint density at radius 1 is 1.41 bits per heavy atom. The molecule has 1 aliphatic rings. The maximum atomic E-state index is 5.19. The van der Waals surface area contributed by atoms with Crippen LogP contribution in [0, 0.1) is 6.92 Å². The van der Waals surface area contributed by atoms with Crippen LogP contribution in [0.5, 0.6) is 5.75 Å². The van der Waals surface area contributed by atoms with Crippen LogP contribution in [0.3, 0.4) is 0 Å². The molecule has 2 nitrogen and oxygen atoms in total. The third-order valence-corrected chi connectivity index (χ3v) is 3.10. The summed E-state index contributed by atoms with van der Waals surface area (Å²) in [5.74, 6) is 0.926. The molecule has 1 N–H and O–H groups in total. The van der Waals surface area contributed by atoms with Crippen molar-refractivity contribution >= 4 is 6.08 Å². The molecule has 17 heavy (non-hydrogen) atoms. The Balaban J connectivity index is 1.81. The monoisotopic (exact) mass is 231 g/mol. The van der Waals surface area contributed by atoms with Gasteiger partial charge in [-0.1, -0.05) is 18.2 Å². The first-order chi connectivity index (χ1) is 8.29. The largest absolute Gasteiger partial charge is 0.497 e. The van der Waals surface area contributed by atoms with Crippen LogP contribution in [0.2, 0.25) is 0 Å². The Morgan fingerprint density at radius 3 is 2.88 bits per heavy atom. The fourth-order valence-electron chi connectivity index (χ4n) is 1.83. The number of rotatable bonds is 6. The summed E-state index contributed by atoms with van der Waals surface area (Å²) >= 11 is 0. The lowest BCUT2D eigenvalue weighted by Crippen LogP contribution is -2.16. The summed E-state index contributed by atoms with van der Waals surface area (Å²) in [6.45, 7) is 3.21. The molecule has 0 amide bonds. The fourth-order valence-corrected chi connectivity index (χ4v) is 1.83. The second kappa shape index (κ2) is 5.87. The molecule has 1 fully saturated rings. The minimum absolute atomic E-state index is 0.811. The molecule has 0 saturated heterocycles. The standard InChI is InChI=1S/C15H21NO/c1-12-11-15(17-2)9-6-13(12)5-3-4-10-16-14-7-8-14/h3,5-6,9,11,14,16H,4,7-8,10H2,1-2H3. The summed E-state index contributed by atoms with van der Waals surface area (Å²) in [7, 11) is 1.70. The SMILES string of the molecule is COc1ccc(C=CCCNC2CC2)c(C)c1.